The van der Waals surface area contributed by atoms with Gasteiger partial charge in [-0.1, -0.05) is 12.8 Å². The fraction of sp³-hybridized carbons (Fsp3) is 0.833. The van der Waals surface area contributed by atoms with Gasteiger partial charge in [-0.05, 0) is 26.7 Å². The Bertz CT molecular complexity index is 300. The first kappa shape index (κ1) is 11.6. The van der Waals surface area contributed by atoms with Crippen LogP contribution < -0.4 is 0 Å². The molecule has 0 aromatic carbocycles. The molecule has 1 saturated carbocycles. The molecule has 2 aliphatic rings. The number of nitrogens with zero attached hydrogens (tertiary/aromatic N) is 1. The van der Waals surface area contributed by atoms with E-state index in [4.69, 9.17) is 0 Å². The highest BCUT2D eigenvalue weighted by Gasteiger charge is 2.52. The van der Waals surface area contributed by atoms with Crippen LogP contribution in [0.1, 0.15) is 39.5 Å². The average molecular weight is 225 g/mol. The van der Waals surface area contributed by atoms with Gasteiger partial charge in [0.05, 0.1) is 24.0 Å². The van der Waals surface area contributed by atoms with Crippen molar-refractivity contribution in [3.8, 4) is 0 Å². The van der Waals surface area contributed by atoms with E-state index in [0.29, 0.717) is 0 Å². The number of aliphatic hydroxyl groups is 1. The lowest BCUT2D eigenvalue weighted by Gasteiger charge is -2.32. The summed E-state index contributed by atoms with van der Waals surface area (Å²) in [5, 5.41) is 9.28. The molecule has 4 heteroatoms. The number of hydrogen-bond donors (Lipinski definition) is 1. The van der Waals surface area contributed by atoms with E-state index in [1.165, 1.54) is 4.90 Å². The van der Waals surface area contributed by atoms with Crippen molar-refractivity contribution in [1.82, 2.24) is 4.90 Å². The molecular weight excluding hydrogens is 206 g/mol. The van der Waals surface area contributed by atoms with Gasteiger partial charge in [-0.15, -0.1) is 0 Å². The van der Waals surface area contributed by atoms with E-state index < -0.39 is 5.54 Å². The van der Waals surface area contributed by atoms with Gasteiger partial charge < -0.3 is 5.11 Å². The minimum absolute atomic E-state index is 0.0752. The molecule has 2 amide bonds. The maximum atomic E-state index is 12.1. The van der Waals surface area contributed by atoms with Gasteiger partial charge in [-0.2, -0.15) is 0 Å². The number of imide groups is 1. The lowest BCUT2D eigenvalue weighted by molar-refractivity contribution is -0.147. The Kier molecular flexibility index (Phi) is 2.78. The number of carbonyl (C=O) groups is 2. The van der Waals surface area contributed by atoms with Crippen LogP contribution in [0, 0.1) is 11.8 Å². The maximum absolute atomic E-state index is 12.1. The van der Waals surface area contributed by atoms with Crippen molar-refractivity contribution >= 4 is 11.8 Å². The average Bonchev–Trinajstić information content (AvgIpc) is 2.53. The number of amides is 2. The first-order chi connectivity index (χ1) is 7.49. The standard InChI is InChI=1S/C12H19NO3/c1-12(2,7-14)13-10(15)8-5-3-4-6-9(8)11(13)16/h8-9,14H,3-7H2,1-2H3. The van der Waals surface area contributed by atoms with Crippen molar-refractivity contribution in [1.29, 1.82) is 0 Å². The summed E-state index contributed by atoms with van der Waals surface area (Å²) < 4.78 is 0. The van der Waals surface area contributed by atoms with Crippen LogP contribution in [-0.2, 0) is 9.59 Å². The van der Waals surface area contributed by atoms with Gasteiger partial charge in [0.2, 0.25) is 11.8 Å². The van der Waals surface area contributed by atoms with Crippen LogP contribution in [0.2, 0.25) is 0 Å². The fourth-order valence-corrected chi connectivity index (χ4v) is 2.83. The molecule has 1 aliphatic carbocycles. The molecule has 2 unspecified atom stereocenters. The van der Waals surface area contributed by atoms with Gasteiger partial charge in [-0.25, -0.2) is 0 Å². The lowest BCUT2D eigenvalue weighted by Crippen LogP contribution is -2.50. The number of rotatable bonds is 2. The molecule has 16 heavy (non-hydrogen) atoms. The summed E-state index contributed by atoms with van der Waals surface area (Å²) in [5.74, 6) is -0.387. The highest BCUT2D eigenvalue weighted by Crippen LogP contribution is 2.40. The van der Waals surface area contributed by atoms with Gasteiger partial charge in [-0.3, -0.25) is 14.5 Å². The second kappa shape index (κ2) is 3.84. The molecule has 1 heterocycles. The summed E-state index contributed by atoms with van der Waals surface area (Å²) in [4.78, 5) is 25.6. The minimum Gasteiger partial charge on any atom is -0.394 e. The zero-order chi connectivity index (χ0) is 11.9. The highest BCUT2D eigenvalue weighted by molar-refractivity contribution is 6.05. The topological polar surface area (TPSA) is 57.6 Å². The molecule has 90 valence electrons. The summed E-state index contributed by atoms with van der Waals surface area (Å²) in [7, 11) is 0. The molecule has 1 saturated heterocycles. The monoisotopic (exact) mass is 225 g/mol. The van der Waals surface area contributed by atoms with Crippen molar-refractivity contribution in [2.45, 2.75) is 45.1 Å². The largest absolute Gasteiger partial charge is 0.394 e. The first-order valence-corrected chi connectivity index (χ1v) is 5.98. The van der Waals surface area contributed by atoms with E-state index in [2.05, 4.69) is 0 Å². The summed E-state index contributed by atoms with van der Waals surface area (Å²) in [6.45, 7) is 3.30. The number of likely N-dealkylation sites (tertiary alicyclic amines) is 1. The van der Waals surface area contributed by atoms with Gasteiger partial charge in [0.15, 0.2) is 0 Å². The van der Waals surface area contributed by atoms with Crippen molar-refractivity contribution in [3.63, 3.8) is 0 Å². The highest BCUT2D eigenvalue weighted by atomic mass is 16.3. The molecule has 2 fully saturated rings. The third kappa shape index (κ3) is 1.56. The number of aliphatic hydroxyl groups excluding tert-OH is 1. The van der Waals surface area contributed by atoms with E-state index in [1.54, 1.807) is 13.8 Å². The van der Waals surface area contributed by atoms with E-state index in [0.717, 1.165) is 25.7 Å². The SMILES string of the molecule is CC(C)(CO)N1C(=O)C2CCCCC2C1=O. The first-order valence-electron chi connectivity index (χ1n) is 5.98. The predicted molar refractivity (Wildman–Crippen MR) is 58.5 cm³/mol. The number of fused-ring (bicyclic) bond motifs is 1. The van der Waals surface area contributed by atoms with Crippen LogP contribution in [0.25, 0.3) is 0 Å². The fourth-order valence-electron chi connectivity index (χ4n) is 2.83. The van der Waals surface area contributed by atoms with Crippen molar-refractivity contribution in [2.75, 3.05) is 6.61 Å². The zero-order valence-corrected chi connectivity index (χ0v) is 9.90. The summed E-state index contributed by atoms with van der Waals surface area (Å²) in [6, 6.07) is 0. The molecule has 0 aromatic heterocycles. The second-order valence-corrected chi connectivity index (χ2v) is 5.48. The Morgan fingerprint density at radius 2 is 1.62 bits per heavy atom. The lowest BCUT2D eigenvalue weighted by atomic mass is 9.81. The zero-order valence-electron chi connectivity index (χ0n) is 9.90. The predicted octanol–water partition coefficient (Wildman–Crippen LogP) is 0.932. The minimum atomic E-state index is -0.758. The molecule has 1 N–H and O–H groups in total. The summed E-state index contributed by atoms with van der Waals surface area (Å²) in [5.41, 5.74) is -0.758. The Morgan fingerprint density at radius 1 is 1.19 bits per heavy atom. The van der Waals surface area contributed by atoms with Crippen molar-refractivity contribution < 1.29 is 14.7 Å². The smallest absolute Gasteiger partial charge is 0.233 e. The molecule has 4 nitrogen and oxygen atoms in total. The number of carbonyl (C=O) groups excluding carboxylic acids is 2. The molecular formula is C12H19NO3. The van der Waals surface area contributed by atoms with Crippen molar-refractivity contribution in [3.05, 3.63) is 0 Å². The van der Waals surface area contributed by atoms with Crippen LogP contribution in [0.15, 0.2) is 0 Å². The van der Waals surface area contributed by atoms with Gasteiger partial charge >= 0.3 is 0 Å². The molecule has 2 atom stereocenters. The van der Waals surface area contributed by atoms with E-state index in [-0.39, 0.29) is 30.3 Å². The van der Waals surface area contributed by atoms with Crippen molar-refractivity contribution in [2.24, 2.45) is 11.8 Å². The van der Waals surface area contributed by atoms with Crippen LogP contribution in [0.4, 0.5) is 0 Å². The summed E-state index contributed by atoms with van der Waals surface area (Å²) >= 11 is 0. The van der Waals surface area contributed by atoms with Gasteiger partial charge in [0.1, 0.15) is 0 Å². The summed E-state index contributed by atoms with van der Waals surface area (Å²) in [6.07, 6.45) is 3.72. The third-order valence-corrected chi connectivity index (χ3v) is 3.83. The van der Waals surface area contributed by atoms with E-state index in [1.807, 2.05) is 0 Å². The Balaban J connectivity index is 2.28. The van der Waals surface area contributed by atoms with E-state index in [9.17, 15) is 14.7 Å². The van der Waals surface area contributed by atoms with E-state index >= 15 is 0 Å². The molecule has 0 radical (unpaired) electrons. The molecule has 0 spiro atoms. The third-order valence-electron chi connectivity index (χ3n) is 3.83. The quantitative estimate of drug-likeness (QED) is 0.711. The van der Waals surface area contributed by atoms with Crippen LogP contribution in [0.5, 0.6) is 0 Å². The molecule has 0 bridgehead atoms. The Morgan fingerprint density at radius 3 is 2.00 bits per heavy atom. The van der Waals surface area contributed by atoms with Crippen LogP contribution in [-0.4, -0.2) is 34.0 Å². The Hall–Kier alpha value is -0.900. The van der Waals surface area contributed by atoms with Crippen LogP contribution in [0.3, 0.4) is 0 Å². The van der Waals surface area contributed by atoms with Crippen LogP contribution >= 0.6 is 0 Å². The molecule has 2 rings (SSSR count). The van der Waals surface area contributed by atoms with Gasteiger partial charge in [0.25, 0.3) is 0 Å². The van der Waals surface area contributed by atoms with Gasteiger partial charge in [0, 0.05) is 0 Å². The maximum Gasteiger partial charge on any atom is 0.233 e. The number of hydrogen-bond acceptors (Lipinski definition) is 3. The molecule has 1 aliphatic heterocycles. The Labute approximate surface area is 95.6 Å². The second-order valence-electron chi connectivity index (χ2n) is 5.48. The molecule has 0 aromatic rings. The normalized spacial score (nSPS) is 30.8.